The summed E-state index contributed by atoms with van der Waals surface area (Å²) >= 11 is 0. The van der Waals surface area contributed by atoms with Gasteiger partial charge in [0.2, 0.25) is 0 Å². The Morgan fingerprint density at radius 2 is 1.85 bits per heavy atom. The van der Waals surface area contributed by atoms with E-state index in [-0.39, 0.29) is 30.6 Å². The smallest absolute Gasteiger partial charge is 0.317 e. The number of carboxylic acids is 1. The average Bonchev–Trinajstić information content (AvgIpc) is 2.36. The van der Waals surface area contributed by atoms with Gasteiger partial charge in [0, 0.05) is 38.3 Å². The number of nitrogens with one attached hydrogen (secondary N) is 1. The summed E-state index contributed by atoms with van der Waals surface area (Å²) < 4.78 is 0. The minimum absolute atomic E-state index is 0.0396. The molecule has 6 heteroatoms. The van der Waals surface area contributed by atoms with Crippen LogP contribution < -0.4 is 5.32 Å². The molecule has 0 aromatic carbocycles. The second-order valence-electron chi connectivity index (χ2n) is 6.38. The highest BCUT2D eigenvalue weighted by molar-refractivity contribution is 5.75. The number of carbonyl (C=O) groups excluding carboxylic acids is 1. The molecule has 0 saturated carbocycles. The lowest BCUT2D eigenvalue weighted by Gasteiger charge is -2.43. The van der Waals surface area contributed by atoms with Gasteiger partial charge in [0.05, 0.1) is 6.42 Å². The van der Waals surface area contributed by atoms with Crippen LogP contribution in [0.25, 0.3) is 0 Å². The third-order valence-corrected chi connectivity index (χ3v) is 3.90. The standard InChI is InChI=1S/C14H27N3O3/c1-14(2,3)17-9-6-11(7-10-17)16(4)13(20)15-8-5-12(18)19/h11H,5-10H2,1-4H3,(H,15,20)(H,18,19). The first kappa shape index (κ1) is 16.8. The van der Waals surface area contributed by atoms with Gasteiger partial charge in [-0.25, -0.2) is 4.79 Å². The Hall–Kier alpha value is -1.30. The lowest BCUT2D eigenvalue weighted by atomic mass is 9.97. The molecule has 20 heavy (non-hydrogen) atoms. The van der Waals surface area contributed by atoms with E-state index in [0.717, 1.165) is 25.9 Å². The second kappa shape index (κ2) is 6.92. The number of nitrogens with zero attached hydrogens (tertiary/aromatic N) is 2. The van der Waals surface area contributed by atoms with Gasteiger partial charge < -0.3 is 15.3 Å². The number of hydrogen-bond acceptors (Lipinski definition) is 3. The number of amides is 2. The van der Waals surface area contributed by atoms with Crippen LogP contribution in [0.4, 0.5) is 4.79 Å². The van der Waals surface area contributed by atoms with E-state index >= 15 is 0 Å². The molecule has 0 unspecified atom stereocenters. The first-order valence-electron chi connectivity index (χ1n) is 7.19. The molecule has 0 aromatic rings. The van der Waals surface area contributed by atoms with Crippen LogP contribution in [0.3, 0.4) is 0 Å². The highest BCUT2D eigenvalue weighted by Gasteiger charge is 2.29. The van der Waals surface area contributed by atoms with Crippen molar-refractivity contribution in [2.24, 2.45) is 0 Å². The SMILES string of the molecule is CN(C(=O)NCCC(=O)O)C1CCN(C(C)(C)C)CC1. The predicted molar refractivity (Wildman–Crippen MR) is 77.8 cm³/mol. The number of piperidine rings is 1. The Morgan fingerprint density at radius 1 is 1.30 bits per heavy atom. The third-order valence-electron chi connectivity index (χ3n) is 3.90. The van der Waals surface area contributed by atoms with Gasteiger partial charge in [-0.15, -0.1) is 0 Å². The zero-order valence-electron chi connectivity index (χ0n) is 13.0. The summed E-state index contributed by atoms with van der Waals surface area (Å²) in [5.41, 5.74) is 0.174. The maximum absolute atomic E-state index is 11.9. The number of urea groups is 1. The largest absolute Gasteiger partial charge is 0.481 e. The molecule has 0 atom stereocenters. The predicted octanol–water partition coefficient (Wildman–Crippen LogP) is 1.37. The second-order valence-corrected chi connectivity index (χ2v) is 6.38. The summed E-state index contributed by atoms with van der Waals surface area (Å²) in [5, 5.41) is 11.2. The van der Waals surface area contributed by atoms with Crippen molar-refractivity contribution in [3.05, 3.63) is 0 Å². The Labute approximate surface area is 121 Å². The van der Waals surface area contributed by atoms with Crippen molar-refractivity contribution in [1.82, 2.24) is 15.1 Å². The number of aliphatic carboxylic acids is 1. The minimum Gasteiger partial charge on any atom is -0.481 e. The molecular weight excluding hydrogens is 258 g/mol. The zero-order chi connectivity index (χ0) is 15.3. The van der Waals surface area contributed by atoms with Gasteiger partial charge in [-0.2, -0.15) is 0 Å². The van der Waals surface area contributed by atoms with Gasteiger partial charge >= 0.3 is 12.0 Å². The molecule has 6 nitrogen and oxygen atoms in total. The maximum atomic E-state index is 11.9. The van der Waals surface area contributed by atoms with E-state index in [9.17, 15) is 9.59 Å². The molecule has 0 spiro atoms. The molecule has 1 aliphatic rings. The quantitative estimate of drug-likeness (QED) is 0.818. The van der Waals surface area contributed by atoms with E-state index in [4.69, 9.17) is 5.11 Å². The van der Waals surface area contributed by atoms with Gasteiger partial charge in [0.1, 0.15) is 0 Å². The molecule has 0 bridgehead atoms. The van der Waals surface area contributed by atoms with Crippen LogP contribution in [0.2, 0.25) is 0 Å². The van der Waals surface area contributed by atoms with Crippen LogP contribution in [0.15, 0.2) is 0 Å². The van der Waals surface area contributed by atoms with Gasteiger partial charge in [-0.05, 0) is 33.6 Å². The summed E-state index contributed by atoms with van der Waals surface area (Å²) in [6.45, 7) is 8.77. The maximum Gasteiger partial charge on any atom is 0.317 e. The zero-order valence-corrected chi connectivity index (χ0v) is 13.0. The normalized spacial score (nSPS) is 17.8. The minimum atomic E-state index is -0.897. The monoisotopic (exact) mass is 285 g/mol. The molecular formula is C14H27N3O3. The van der Waals surface area contributed by atoms with Crippen LogP contribution in [0.1, 0.15) is 40.0 Å². The highest BCUT2D eigenvalue weighted by Crippen LogP contribution is 2.22. The highest BCUT2D eigenvalue weighted by atomic mass is 16.4. The van der Waals surface area contributed by atoms with Crippen molar-refractivity contribution in [1.29, 1.82) is 0 Å². The number of carboxylic acid groups (broad SMARTS) is 1. The number of likely N-dealkylation sites (tertiary alicyclic amines) is 1. The fraction of sp³-hybridized carbons (Fsp3) is 0.857. The molecule has 0 aromatic heterocycles. The van der Waals surface area contributed by atoms with Crippen LogP contribution in [0.5, 0.6) is 0 Å². The molecule has 2 amide bonds. The van der Waals surface area contributed by atoms with Crippen molar-refractivity contribution >= 4 is 12.0 Å². The van der Waals surface area contributed by atoms with Gasteiger partial charge in [0.25, 0.3) is 0 Å². The fourth-order valence-corrected chi connectivity index (χ4v) is 2.49. The summed E-state index contributed by atoms with van der Waals surface area (Å²) in [7, 11) is 1.79. The Morgan fingerprint density at radius 3 is 2.30 bits per heavy atom. The van der Waals surface area contributed by atoms with E-state index in [1.165, 1.54) is 0 Å². The van der Waals surface area contributed by atoms with E-state index in [2.05, 4.69) is 31.0 Å². The molecule has 2 N–H and O–H groups in total. The molecule has 1 rings (SSSR count). The third kappa shape index (κ3) is 5.00. The molecule has 1 aliphatic heterocycles. The van der Waals surface area contributed by atoms with Crippen molar-refractivity contribution in [3.8, 4) is 0 Å². The summed E-state index contributed by atoms with van der Waals surface area (Å²) in [6, 6.07) is 0.0545. The van der Waals surface area contributed by atoms with Gasteiger partial charge in [0.15, 0.2) is 0 Å². The van der Waals surface area contributed by atoms with Crippen LogP contribution in [-0.4, -0.2) is 65.2 Å². The van der Waals surface area contributed by atoms with Gasteiger partial charge in [-0.1, -0.05) is 0 Å². The molecule has 1 fully saturated rings. The van der Waals surface area contributed by atoms with E-state index in [0.29, 0.717) is 0 Å². The van der Waals surface area contributed by atoms with Crippen LogP contribution in [0, 0.1) is 0 Å². The molecule has 116 valence electrons. The lowest BCUT2D eigenvalue weighted by molar-refractivity contribution is -0.136. The first-order chi connectivity index (χ1) is 9.21. The molecule has 0 radical (unpaired) electrons. The molecule has 0 aliphatic carbocycles. The summed E-state index contributed by atoms with van der Waals surface area (Å²) in [5.74, 6) is -0.897. The fourth-order valence-electron chi connectivity index (χ4n) is 2.49. The van der Waals surface area contributed by atoms with Crippen molar-refractivity contribution in [2.45, 2.75) is 51.6 Å². The van der Waals surface area contributed by atoms with Crippen molar-refractivity contribution in [3.63, 3.8) is 0 Å². The topological polar surface area (TPSA) is 72.9 Å². The Kier molecular flexibility index (Phi) is 5.80. The Balaban J connectivity index is 2.36. The van der Waals surface area contributed by atoms with E-state index < -0.39 is 5.97 Å². The summed E-state index contributed by atoms with van der Waals surface area (Å²) in [4.78, 5) is 26.5. The average molecular weight is 285 g/mol. The van der Waals surface area contributed by atoms with E-state index in [1.54, 1.807) is 11.9 Å². The number of rotatable bonds is 4. The molecule has 1 saturated heterocycles. The number of hydrogen-bond donors (Lipinski definition) is 2. The van der Waals surface area contributed by atoms with Crippen LogP contribution >= 0.6 is 0 Å². The van der Waals surface area contributed by atoms with E-state index in [1.807, 2.05) is 0 Å². The summed E-state index contributed by atoms with van der Waals surface area (Å²) in [6.07, 6.45) is 1.88. The van der Waals surface area contributed by atoms with Crippen molar-refractivity contribution in [2.75, 3.05) is 26.7 Å². The number of carbonyl (C=O) groups is 2. The van der Waals surface area contributed by atoms with Gasteiger partial charge in [-0.3, -0.25) is 9.69 Å². The lowest BCUT2D eigenvalue weighted by Crippen LogP contribution is -2.52. The van der Waals surface area contributed by atoms with Crippen molar-refractivity contribution < 1.29 is 14.7 Å². The first-order valence-corrected chi connectivity index (χ1v) is 7.19. The van der Waals surface area contributed by atoms with Crippen LogP contribution in [-0.2, 0) is 4.79 Å². The Bertz CT molecular complexity index is 344. The molecule has 1 heterocycles.